The number of aryl methyl sites for hydroxylation is 2. The first kappa shape index (κ1) is 28.9. The molecule has 4 heterocycles. The Morgan fingerprint density at radius 3 is 2.62 bits per heavy atom. The maximum atomic E-state index is 13.5. The Morgan fingerprint density at radius 1 is 1.24 bits per heavy atom. The Kier molecular flexibility index (Phi) is 8.04. The summed E-state index contributed by atoms with van der Waals surface area (Å²) in [6.07, 6.45) is 1.24. The lowest BCUT2D eigenvalue weighted by atomic mass is 10.0. The standard InChI is InChI=1S/C25H24N8O7S2/c1-11-7-16(35)15(8-26-11)20(36)27-17(12-3-5-14(34)6-4-12)21(37)28-18-22(38)33-19(24(39)40)13(9-41-23(18)33)10-42-25-29-30-31-32(25)2/h3-8,17-18,23,34H,9-10H2,1-2H3,(H,26,35)(H,27,36)(H,28,37)(H,39,40)/t17-,18-,23-/m0/s1. The molecule has 1 fully saturated rings. The van der Waals surface area contributed by atoms with Crippen LogP contribution in [-0.2, 0) is 21.4 Å². The van der Waals surface area contributed by atoms with Crippen molar-refractivity contribution in [2.24, 2.45) is 7.05 Å². The first-order chi connectivity index (χ1) is 20.0. The SMILES string of the molecule is Cc1cc(=O)c(C(=O)N[C@H](C(=O)N[C@H]2C(=O)N3C(C(=O)O)=C(CSc4nnnn4C)CS[C@@H]23)c2ccc(O)cc2)c[nH]1. The van der Waals surface area contributed by atoms with Crippen molar-refractivity contribution in [3.05, 3.63) is 74.8 Å². The molecule has 42 heavy (non-hydrogen) atoms. The van der Waals surface area contributed by atoms with E-state index in [4.69, 9.17) is 0 Å². The molecule has 0 bridgehead atoms. The predicted molar refractivity (Wildman–Crippen MR) is 149 cm³/mol. The molecule has 0 unspecified atom stereocenters. The number of amides is 3. The third-order valence-electron chi connectivity index (χ3n) is 6.57. The second kappa shape index (κ2) is 11.7. The molecule has 1 saturated heterocycles. The number of phenolic OH excluding ortho intramolecular Hbond substituents is 1. The van der Waals surface area contributed by atoms with Gasteiger partial charge >= 0.3 is 5.97 Å². The summed E-state index contributed by atoms with van der Waals surface area (Å²) in [6, 6.07) is 4.35. The minimum Gasteiger partial charge on any atom is -0.508 e. The van der Waals surface area contributed by atoms with Crippen molar-refractivity contribution in [2.45, 2.75) is 29.5 Å². The van der Waals surface area contributed by atoms with Gasteiger partial charge in [-0.25, -0.2) is 9.48 Å². The normalized spacial score (nSPS) is 18.6. The highest BCUT2D eigenvalue weighted by Gasteiger charge is 2.54. The molecule has 2 aliphatic heterocycles. The molecule has 0 aliphatic carbocycles. The molecule has 5 N–H and O–H groups in total. The second-order valence-electron chi connectivity index (χ2n) is 9.42. The number of rotatable bonds is 9. The Hall–Kier alpha value is -4.64. The van der Waals surface area contributed by atoms with Gasteiger partial charge in [0.25, 0.3) is 11.8 Å². The molecule has 2 aliphatic rings. The summed E-state index contributed by atoms with van der Waals surface area (Å²) in [5.74, 6) is -3.02. The van der Waals surface area contributed by atoms with Crippen LogP contribution in [0.15, 0.2) is 57.7 Å². The average Bonchev–Trinajstić information content (AvgIpc) is 3.37. The first-order valence-corrected chi connectivity index (χ1v) is 14.4. The van der Waals surface area contributed by atoms with E-state index in [2.05, 4.69) is 31.1 Å². The lowest BCUT2D eigenvalue weighted by Gasteiger charge is -2.49. The zero-order valence-electron chi connectivity index (χ0n) is 22.1. The van der Waals surface area contributed by atoms with E-state index >= 15 is 0 Å². The summed E-state index contributed by atoms with van der Waals surface area (Å²) in [4.78, 5) is 68.1. The summed E-state index contributed by atoms with van der Waals surface area (Å²) >= 11 is 2.52. The van der Waals surface area contributed by atoms with Crippen LogP contribution in [0, 0.1) is 6.92 Å². The van der Waals surface area contributed by atoms with Crippen molar-refractivity contribution in [2.75, 3.05) is 11.5 Å². The number of hydrogen-bond acceptors (Lipinski definition) is 11. The Balaban J connectivity index is 1.34. The number of thioether (sulfide) groups is 2. The van der Waals surface area contributed by atoms with Crippen LogP contribution >= 0.6 is 23.5 Å². The minimum absolute atomic E-state index is 0.0694. The number of aromatic hydroxyl groups is 1. The third kappa shape index (κ3) is 5.60. The van der Waals surface area contributed by atoms with Gasteiger partial charge in [-0.05, 0) is 40.6 Å². The number of β-lactam (4-membered cyclic amide) rings is 1. The van der Waals surface area contributed by atoms with Crippen LogP contribution in [0.3, 0.4) is 0 Å². The van der Waals surface area contributed by atoms with Crippen molar-refractivity contribution in [1.29, 1.82) is 0 Å². The van der Waals surface area contributed by atoms with Crippen LogP contribution in [0.5, 0.6) is 5.75 Å². The number of benzene rings is 1. The van der Waals surface area contributed by atoms with E-state index in [0.29, 0.717) is 16.4 Å². The van der Waals surface area contributed by atoms with Gasteiger partial charge in [0.05, 0.1) is 0 Å². The molecule has 3 aromatic rings. The van der Waals surface area contributed by atoms with Crippen molar-refractivity contribution in [1.82, 2.24) is 40.7 Å². The van der Waals surface area contributed by atoms with Crippen LogP contribution < -0.4 is 16.1 Å². The van der Waals surface area contributed by atoms with E-state index in [1.165, 1.54) is 64.7 Å². The molecule has 15 nitrogen and oxygen atoms in total. The fraction of sp³-hybridized carbons (Fsp3) is 0.280. The zero-order chi connectivity index (χ0) is 30.1. The monoisotopic (exact) mass is 612 g/mol. The van der Waals surface area contributed by atoms with Crippen LogP contribution in [0.4, 0.5) is 0 Å². The number of aromatic amines is 1. The quantitative estimate of drug-likeness (QED) is 0.159. The third-order valence-corrected chi connectivity index (χ3v) is 9.01. The first-order valence-electron chi connectivity index (χ1n) is 12.4. The van der Waals surface area contributed by atoms with E-state index in [0.717, 1.165) is 4.90 Å². The van der Waals surface area contributed by atoms with Gasteiger partial charge in [0, 0.05) is 36.5 Å². The van der Waals surface area contributed by atoms with Gasteiger partial charge in [-0.3, -0.25) is 24.1 Å². The number of aliphatic carboxylic acids is 1. The van der Waals surface area contributed by atoms with Crippen LogP contribution in [-0.4, -0.2) is 86.9 Å². The highest BCUT2D eigenvalue weighted by Crippen LogP contribution is 2.41. The number of phenols is 1. The number of carbonyl (C=O) groups is 4. The minimum atomic E-state index is -1.34. The molecule has 218 valence electrons. The van der Waals surface area contributed by atoms with Crippen LogP contribution in [0.2, 0.25) is 0 Å². The second-order valence-corrected chi connectivity index (χ2v) is 11.5. The van der Waals surface area contributed by atoms with E-state index in [1.807, 2.05) is 0 Å². The summed E-state index contributed by atoms with van der Waals surface area (Å²) in [5, 5.41) is 35.8. The molecule has 1 aromatic carbocycles. The van der Waals surface area contributed by atoms with Crippen molar-refractivity contribution < 1.29 is 29.4 Å². The number of carboxylic acids is 1. The Labute approximate surface area is 245 Å². The fourth-order valence-electron chi connectivity index (χ4n) is 4.45. The number of tetrazole rings is 1. The number of nitrogens with zero attached hydrogens (tertiary/aromatic N) is 5. The van der Waals surface area contributed by atoms with Gasteiger partial charge in [-0.2, -0.15) is 0 Å². The molecule has 3 amide bonds. The topological polar surface area (TPSA) is 212 Å². The van der Waals surface area contributed by atoms with Crippen molar-refractivity contribution >= 4 is 47.2 Å². The number of aromatic nitrogens is 5. The van der Waals surface area contributed by atoms with E-state index in [9.17, 15) is 34.2 Å². The number of H-pyrrole nitrogens is 1. The van der Waals surface area contributed by atoms with Crippen molar-refractivity contribution in [3.8, 4) is 5.75 Å². The number of carbonyl (C=O) groups excluding carboxylic acids is 3. The lowest BCUT2D eigenvalue weighted by Crippen LogP contribution is -2.71. The number of pyridine rings is 1. The van der Waals surface area contributed by atoms with Gasteiger partial charge in [0.15, 0.2) is 5.43 Å². The van der Waals surface area contributed by atoms with Crippen LogP contribution in [0.1, 0.15) is 27.7 Å². The number of carboxylic acid groups (broad SMARTS) is 1. The van der Waals surface area contributed by atoms with E-state index in [-0.39, 0.29) is 34.1 Å². The molecular formula is C25H24N8O7S2. The van der Waals surface area contributed by atoms with E-state index < -0.39 is 46.6 Å². The Morgan fingerprint density at radius 2 is 1.98 bits per heavy atom. The average molecular weight is 613 g/mol. The number of hydrogen-bond donors (Lipinski definition) is 5. The maximum absolute atomic E-state index is 13.5. The summed E-state index contributed by atoms with van der Waals surface area (Å²) in [5.41, 5.74) is 0.417. The molecular weight excluding hydrogens is 588 g/mol. The molecule has 0 saturated carbocycles. The fourth-order valence-corrected chi connectivity index (χ4v) is 6.79. The molecule has 17 heteroatoms. The predicted octanol–water partition coefficient (Wildman–Crippen LogP) is -0.0856. The highest BCUT2D eigenvalue weighted by atomic mass is 32.2. The van der Waals surface area contributed by atoms with Gasteiger partial charge in [-0.15, -0.1) is 16.9 Å². The van der Waals surface area contributed by atoms with Gasteiger partial charge in [-0.1, -0.05) is 23.9 Å². The number of fused-ring (bicyclic) bond motifs is 1. The molecule has 2 aromatic heterocycles. The van der Waals surface area contributed by atoms with Crippen molar-refractivity contribution in [3.63, 3.8) is 0 Å². The zero-order valence-corrected chi connectivity index (χ0v) is 23.7. The maximum Gasteiger partial charge on any atom is 0.352 e. The molecule has 3 atom stereocenters. The summed E-state index contributed by atoms with van der Waals surface area (Å²) in [6.45, 7) is 1.65. The highest BCUT2D eigenvalue weighted by molar-refractivity contribution is 8.01. The van der Waals surface area contributed by atoms with Crippen LogP contribution in [0.25, 0.3) is 0 Å². The van der Waals surface area contributed by atoms with Gasteiger partial charge in [0.1, 0.15) is 34.5 Å². The largest absolute Gasteiger partial charge is 0.508 e. The molecule has 5 rings (SSSR count). The number of nitrogens with one attached hydrogen (secondary N) is 3. The summed E-state index contributed by atoms with van der Waals surface area (Å²) < 4.78 is 1.45. The van der Waals surface area contributed by atoms with Gasteiger partial charge in [0.2, 0.25) is 11.1 Å². The molecule has 0 spiro atoms. The van der Waals surface area contributed by atoms with Gasteiger partial charge < -0.3 is 25.8 Å². The lowest BCUT2D eigenvalue weighted by molar-refractivity contribution is -0.151. The smallest absolute Gasteiger partial charge is 0.352 e. The van der Waals surface area contributed by atoms with E-state index in [1.54, 1.807) is 14.0 Å². The molecule has 0 radical (unpaired) electrons. The summed E-state index contributed by atoms with van der Waals surface area (Å²) in [7, 11) is 1.65. The Bertz CT molecular complexity index is 1670.